The molecule has 37 heavy (non-hydrogen) atoms. The summed E-state index contributed by atoms with van der Waals surface area (Å²) < 4.78 is 28.1. The second-order valence-corrected chi connectivity index (χ2v) is 11.0. The fourth-order valence-corrected chi connectivity index (χ4v) is 5.15. The monoisotopic (exact) mass is 534 g/mol. The molecule has 4 aromatic rings. The van der Waals surface area contributed by atoms with Crippen LogP contribution in [0.3, 0.4) is 0 Å². The van der Waals surface area contributed by atoms with Crippen molar-refractivity contribution >= 4 is 39.4 Å². The molecule has 0 aliphatic rings. The molecule has 1 amide bonds. The van der Waals surface area contributed by atoms with E-state index >= 15 is 0 Å². The van der Waals surface area contributed by atoms with E-state index in [-0.39, 0.29) is 12.5 Å². The van der Waals surface area contributed by atoms with Crippen molar-refractivity contribution in [3.8, 4) is 5.69 Å². The molecule has 0 radical (unpaired) electrons. The minimum absolute atomic E-state index is 0.158. The fraction of sp³-hybridized carbons (Fsp3) is 0.143. The summed E-state index contributed by atoms with van der Waals surface area (Å²) in [4.78, 5) is 12.6. The van der Waals surface area contributed by atoms with Crippen LogP contribution < -0.4 is 9.73 Å². The van der Waals surface area contributed by atoms with Crippen LogP contribution in [0.2, 0.25) is 5.02 Å². The van der Waals surface area contributed by atoms with Gasteiger partial charge in [0, 0.05) is 33.2 Å². The highest BCUT2D eigenvalue weighted by molar-refractivity contribution is 7.92. The van der Waals surface area contributed by atoms with Crippen LogP contribution in [-0.2, 0) is 16.6 Å². The Kier molecular flexibility index (Phi) is 7.80. The second kappa shape index (κ2) is 11.0. The molecule has 1 heterocycles. The normalized spacial score (nSPS) is 11.6. The zero-order valence-electron chi connectivity index (χ0n) is 20.7. The average Bonchev–Trinajstić information content (AvgIpc) is 3.15. The first-order chi connectivity index (χ1) is 17.6. The van der Waals surface area contributed by atoms with E-state index in [1.165, 1.54) is 10.6 Å². The minimum Gasteiger partial charge on any atom is -0.318 e. The summed E-state index contributed by atoms with van der Waals surface area (Å²) >= 11 is 6.15. The molecule has 0 aliphatic heterocycles. The van der Waals surface area contributed by atoms with E-state index in [0.717, 1.165) is 28.2 Å². The Bertz CT molecular complexity index is 1550. The largest absolute Gasteiger partial charge is 0.318 e. The van der Waals surface area contributed by atoms with Gasteiger partial charge in [0.2, 0.25) is 10.0 Å². The van der Waals surface area contributed by atoms with Crippen LogP contribution in [0.4, 0.5) is 5.69 Å². The van der Waals surface area contributed by atoms with Crippen LogP contribution in [0.1, 0.15) is 32.9 Å². The number of carbonyl (C=O) groups is 1. The smallest absolute Gasteiger partial charge is 0.271 e. The summed E-state index contributed by atoms with van der Waals surface area (Å²) in [5.74, 6) is -0.366. The number of anilines is 1. The van der Waals surface area contributed by atoms with Crippen LogP contribution in [-0.4, -0.2) is 31.4 Å². The number of rotatable bonds is 8. The first kappa shape index (κ1) is 26.2. The van der Waals surface area contributed by atoms with Crippen molar-refractivity contribution in [2.75, 3.05) is 10.6 Å². The van der Waals surface area contributed by atoms with E-state index in [1.807, 2.05) is 50.2 Å². The van der Waals surface area contributed by atoms with E-state index in [0.29, 0.717) is 16.3 Å². The number of amides is 1. The molecular formula is C28H27ClN4O3S. The number of halogens is 1. The summed E-state index contributed by atoms with van der Waals surface area (Å²) in [6.45, 7) is 4.13. The van der Waals surface area contributed by atoms with Crippen LogP contribution >= 0.6 is 11.6 Å². The Morgan fingerprint density at radius 2 is 1.70 bits per heavy atom. The van der Waals surface area contributed by atoms with Crippen molar-refractivity contribution in [3.63, 3.8) is 0 Å². The standard InChI is InChI=1S/C28H27ClN4O3S/c1-20-16-24(21(2)33(20)27-11-7-8-25(29)17-27)18-30-31-28(34)23-14-12-22(13-15-23)19-32(37(3,35)36)26-9-5-4-6-10-26/h4-18H,19H2,1-3H3,(H,31,34)/b30-18-. The zero-order valence-corrected chi connectivity index (χ0v) is 22.3. The van der Waals surface area contributed by atoms with E-state index < -0.39 is 10.0 Å². The summed E-state index contributed by atoms with van der Waals surface area (Å²) in [6, 6.07) is 25.2. The average molecular weight is 535 g/mol. The van der Waals surface area contributed by atoms with Gasteiger partial charge in [-0.3, -0.25) is 9.10 Å². The van der Waals surface area contributed by atoms with Gasteiger partial charge >= 0.3 is 0 Å². The number of carbonyl (C=O) groups excluding carboxylic acids is 1. The zero-order chi connectivity index (χ0) is 26.6. The summed E-state index contributed by atoms with van der Waals surface area (Å²) in [7, 11) is -3.48. The molecule has 4 rings (SSSR count). The molecule has 0 atom stereocenters. The maximum Gasteiger partial charge on any atom is 0.271 e. The van der Waals surface area contributed by atoms with Crippen LogP contribution in [0.15, 0.2) is 90.0 Å². The third-order valence-electron chi connectivity index (χ3n) is 5.89. The lowest BCUT2D eigenvalue weighted by Crippen LogP contribution is -2.29. The predicted octanol–water partition coefficient (Wildman–Crippen LogP) is 5.48. The van der Waals surface area contributed by atoms with Gasteiger partial charge in [0.25, 0.3) is 5.91 Å². The van der Waals surface area contributed by atoms with Crippen molar-refractivity contribution in [2.45, 2.75) is 20.4 Å². The van der Waals surface area contributed by atoms with Crippen molar-refractivity contribution < 1.29 is 13.2 Å². The first-order valence-electron chi connectivity index (χ1n) is 11.5. The van der Waals surface area contributed by atoms with Gasteiger partial charge in [0.1, 0.15) is 0 Å². The van der Waals surface area contributed by atoms with Gasteiger partial charge in [-0.25, -0.2) is 13.8 Å². The molecule has 0 saturated heterocycles. The number of hydrogen-bond acceptors (Lipinski definition) is 4. The Hall–Kier alpha value is -3.88. The Morgan fingerprint density at radius 1 is 1.00 bits per heavy atom. The molecule has 0 aliphatic carbocycles. The molecular weight excluding hydrogens is 508 g/mol. The minimum atomic E-state index is -3.48. The fourth-order valence-electron chi connectivity index (χ4n) is 4.08. The molecule has 7 nitrogen and oxygen atoms in total. The molecule has 3 aromatic carbocycles. The lowest BCUT2D eigenvalue weighted by Gasteiger charge is -2.22. The number of nitrogens with one attached hydrogen (secondary N) is 1. The van der Waals surface area contributed by atoms with Crippen molar-refractivity contribution in [2.24, 2.45) is 5.10 Å². The van der Waals surface area contributed by atoms with Crippen LogP contribution in [0.5, 0.6) is 0 Å². The van der Waals surface area contributed by atoms with Crippen LogP contribution in [0.25, 0.3) is 5.69 Å². The van der Waals surface area contributed by atoms with Gasteiger partial charge in [-0.15, -0.1) is 0 Å². The van der Waals surface area contributed by atoms with E-state index in [9.17, 15) is 13.2 Å². The lowest BCUT2D eigenvalue weighted by atomic mass is 10.1. The van der Waals surface area contributed by atoms with Gasteiger partial charge in [-0.05, 0) is 67.9 Å². The number of hydrogen-bond donors (Lipinski definition) is 1. The molecule has 0 fully saturated rings. The highest BCUT2D eigenvalue weighted by Crippen LogP contribution is 2.23. The third kappa shape index (κ3) is 6.28. The quantitative estimate of drug-likeness (QED) is 0.240. The Balaban J connectivity index is 1.43. The number of benzene rings is 3. The molecule has 0 spiro atoms. The van der Waals surface area contributed by atoms with E-state index in [2.05, 4.69) is 15.1 Å². The van der Waals surface area contributed by atoms with Crippen LogP contribution in [0, 0.1) is 13.8 Å². The summed E-state index contributed by atoms with van der Waals surface area (Å²) in [5.41, 5.74) is 8.11. The van der Waals surface area contributed by atoms with Gasteiger partial charge in [-0.1, -0.05) is 48.0 Å². The summed E-state index contributed by atoms with van der Waals surface area (Å²) in [6.07, 6.45) is 2.78. The maximum absolute atomic E-state index is 12.6. The number of para-hydroxylation sites is 1. The number of aryl methyl sites for hydroxylation is 1. The first-order valence-corrected chi connectivity index (χ1v) is 13.8. The van der Waals surface area contributed by atoms with Gasteiger partial charge < -0.3 is 4.57 Å². The number of sulfonamides is 1. The molecule has 9 heteroatoms. The SMILES string of the molecule is Cc1cc(/C=N\NC(=O)c2ccc(CN(c3ccccc3)S(C)(=O)=O)cc2)c(C)n1-c1cccc(Cl)c1. The molecule has 0 unspecified atom stereocenters. The van der Waals surface area contributed by atoms with Crippen molar-refractivity contribution in [1.82, 2.24) is 9.99 Å². The van der Waals surface area contributed by atoms with Gasteiger partial charge in [-0.2, -0.15) is 5.10 Å². The topological polar surface area (TPSA) is 83.8 Å². The predicted molar refractivity (Wildman–Crippen MR) is 149 cm³/mol. The van der Waals surface area contributed by atoms with E-state index in [4.69, 9.17) is 11.6 Å². The molecule has 0 bridgehead atoms. The number of aromatic nitrogens is 1. The second-order valence-electron chi connectivity index (χ2n) is 8.64. The molecule has 1 N–H and O–H groups in total. The van der Waals surface area contributed by atoms with Crippen molar-refractivity contribution in [1.29, 1.82) is 0 Å². The highest BCUT2D eigenvalue weighted by Gasteiger charge is 2.18. The molecule has 0 saturated carbocycles. The molecule has 190 valence electrons. The number of nitrogens with zero attached hydrogens (tertiary/aromatic N) is 3. The number of hydrazone groups is 1. The van der Waals surface area contributed by atoms with Crippen molar-refractivity contribution in [3.05, 3.63) is 118 Å². The maximum atomic E-state index is 12.6. The Labute approximate surface area is 222 Å². The van der Waals surface area contributed by atoms with Gasteiger partial charge in [0.15, 0.2) is 0 Å². The molecule has 1 aromatic heterocycles. The third-order valence-corrected chi connectivity index (χ3v) is 7.27. The lowest BCUT2D eigenvalue weighted by molar-refractivity contribution is 0.0955. The summed E-state index contributed by atoms with van der Waals surface area (Å²) in [5, 5.41) is 4.79. The Morgan fingerprint density at radius 3 is 2.35 bits per heavy atom. The van der Waals surface area contributed by atoms with E-state index in [1.54, 1.807) is 54.7 Å². The van der Waals surface area contributed by atoms with Gasteiger partial charge in [0.05, 0.1) is 24.7 Å². The highest BCUT2D eigenvalue weighted by atomic mass is 35.5.